The standard InChI is InChI=1S/C11H14N4/c1-8-3-4-13-11(12)10(8)5-9-6-14-15(2)7-9/h3-4,6-7H,5H2,1-2H3,(H2,12,13). The van der Waals surface area contributed by atoms with Gasteiger partial charge in [0.2, 0.25) is 0 Å². The molecule has 0 atom stereocenters. The zero-order valence-electron chi connectivity index (χ0n) is 8.94. The van der Waals surface area contributed by atoms with Crippen LogP contribution < -0.4 is 5.73 Å². The predicted molar refractivity (Wildman–Crippen MR) is 59.4 cm³/mol. The van der Waals surface area contributed by atoms with Gasteiger partial charge in [0.15, 0.2) is 0 Å². The number of hydrogen-bond acceptors (Lipinski definition) is 3. The van der Waals surface area contributed by atoms with E-state index in [0.29, 0.717) is 5.82 Å². The molecule has 78 valence electrons. The third-order valence-electron chi connectivity index (χ3n) is 2.46. The van der Waals surface area contributed by atoms with Gasteiger partial charge in [-0.15, -0.1) is 0 Å². The van der Waals surface area contributed by atoms with Crippen LogP contribution in [0, 0.1) is 6.92 Å². The maximum absolute atomic E-state index is 5.84. The van der Waals surface area contributed by atoms with Crippen LogP contribution in [0.5, 0.6) is 0 Å². The van der Waals surface area contributed by atoms with E-state index < -0.39 is 0 Å². The molecular weight excluding hydrogens is 188 g/mol. The Morgan fingerprint density at radius 2 is 2.27 bits per heavy atom. The number of nitrogens with zero attached hydrogens (tertiary/aromatic N) is 3. The highest BCUT2D eigenvalue weighted by molar-refractivity contribution is 5.46. The number of hydrogen-bond donors (Lipinski definition) is 1. The molecular formula is C11H14N4. The van der Waals surface area contributed by atoms with Gasteiger partial charge >= 0.3 is 0 Å². The van der Waals surface area contributed by atoms with Crippen LogP contribution in [0.2, 0.25) is 0 Å². The van der Waals surface area contributed by atoms with Crippen molar-refractivity contribution in [2.45, 2.75) is 13.3 Å². The molecule has 4 nitrogen and oxygen atoms in total. The molecule has 0 saturated carbocycles. The maximum Gasteiger partial charge on any atom is 0.127 e. The second kappa shape index (κ2) is 3.73. The zero-order chi connectivity index (χ0) is 10.8. The lowest BCUT2D eigenvalue weighted by Crippen LogP contribution is -2.00. The fourth-order valence-electron chi connectivity index (χ4n) is 1.61. The van der Waals surface area contributed by atoms with Crippen LogP contribution in [0.1, 0.15) is 16.7 Å². The summed E-state index contributed by atoms with van der Waals surface area (Å²) in [6, 6.07) is 1.97. The molecule has 15 heavy (non-hydrogen) atoms. The molecule has 2 aromatic heterocycles. The van der Waals surface area contributed by atoms with E-state index in [4.69, 9.17) is 5.73 Å². The van der Waals surface area contributed by atoms with E-state index in [0.717, 1.165) is 17.5 Å². The minimum absolute atomic E-state index is 0.610. The van der Waals surface area contributed by atoms with Gasteiger partial charge in [-0.2, -0.15) is 5.10 Å². The molecule has 4 heteroatoms. The molecule has 2 aromatic rings. The normalized spacial score (nSPS) is 10.5. The van der Waals surface area contributed by atoms with Gasteiger partial charge in [-0.1, -0.05) is 0 Å². The Hall–Kier alpha value is -1.84. The van der Waals surface area contributed by atoms with Crippen molar-refractivity contribution < 1.29 is 0 Å². The van der Waals surface area contributed by atoms with E-state index in [2.05, 4.69) is 10.1 Å². The van der Waals surface area contributed by atoms with E-state index in [1.165, 1.54) is 5.56 Å². The summed E-state index contributed by atoms with van der Waals surface area (Å²) < 4.78 is 1.79. The molecule has 2 N–H and O–H groups in total. The Bertz CT molecular complexity index is 453. The topological polar surface area (TPSA) is 56.7 Å². The molecule has 0 radical (unpaired) electrons. The Labute approximate surface area is 88.8 Å². The van der Waals surface area contributed by atoms with Crippen LogP contribution >= 0.6 is 0 Å². The van der Waals surface area contributed by atoms with Crippen LogP contribution in [-0.4, -0.2) is 14.8 Å². The number of aromatic nitrogens is 3. The molecule has 0 aliphatic rings. The summed E-state index contributed by atoms with van der Waals surface area (Å²) in [5.41, 5.74) is 9.25. The number of anilines is 1. The summed E-state index contributed by atoms with van der Waals surface area (Å²) in [5.74, 6) is 0.610. The summed E-state index contributed by atoms with van der Waals surface area (Å²) in [5, 5.41) is 4.13. The number of aryl methyl sites for hydroxylation is 2. The van der Waals surface area contributed by atoms with Crippen LogP contribution in [-0.2, 0) is 13.5 Å². The lowest BCUT2D eigenvalue weighted by Gasteiger charge is -2.06. The Balaban J connectivity index is 2.31. The van der Waals surface area contributed by atoms with Crippen LogP contribution in [0.3, 0.4) is 0 Å². The summed E-state index contributed by atoms with van der Waals surface area (Å²) >= 11 is 0. The van der Waals surface area contributed by atoms with Crippen molar-refractivity contribution in [1.82, 2.24) is 14.8 Å². The summed E-state index contributed by atoms with van der Waals surface area (Å²) in [6.07, 6.45) is 6.37. The van der Waals surface area contributed by atoms with E-state index in [1.807, 2.05) is 32.4 Å². The van der Waals surface area contributed by atoms with E-state index >= 15 is 0 Å². The summed E-state index contributed by atoms with van der Waals surface area (Å²) in [7, 11) is 1.91. The van der Waals surface area contributed by atoms with Crippen LogP contribution in [0.15, 0.2) is 24.7 Å². The Kier molecular flexibility index (Phi) is 2.41. The van der Waals surface area contributed by atoms with Gasteiger partial charge in [0, 0.05) is 31.4 Å². The SMILES string of the molecule is Cc1ccnc(N)c1Cc1cnn(C)c1. The number of nitrogens with two attached hydrogens (primary N) is 1. The molecule has 2 rings (SSSR count). The Morgan fingerprint density at radius 1 is 1.47 bits per heavy atom. The maximum atomic E-state index is 5.84. The van der Waals surface area contributed by atoms with Crippen LogP contribution in [0.4, 0.5) is 5.82 Å². The van der Waals surface area contributed by atoms with Crippen molar-refractivity contribution in [3.05, 3.63) is 41.3 Å². The first kappa shape index (κ1) is 9.71. The molecule has 0 aliphatic heterocycles. The second-order valence-corrected chi connectivity index (χ2v) is 3.69. The molecule has 0 unspecified atom stereocenters. The van der Waals surface area contributed by atoms with Gasteiger partial charge in [-0.3, -0.25) is 4.68 Å². The average Bonchev–Trinajstić information content (AvgIpc) is 2.58. The quantitative estimate of drug-likeness (QED) is 0.798. The fourth-order valence-corrected chi connectivity index (χ4v) is 1.61. The predicted octanol–water partition coefficient (Wildman–Crippen LogP) is 1.30. The molecule has 0 aliphatic carbocycles. The highest BCUT2D eigenvalue weighted by Crippen LogP contribution is 2.17. The van der Waals surface area contributed by atoms with Gasteiger partial charge in [-0.05, 0) is 24.1 Å². The monoisotopic (exact) mass is 202 g/mol. The van der Waals surface area contributed by atoms with Gasteiger partial charge in [0.05, 0.1) is 6.20 Å². The first-order valence-corrected chi connectivity index (χ1v) is 4.84. The third kappa shape index (κ3) is 1.98. The third-order valence-corrected chi connectivity index (χ3v) is 2.46. The molecule has 0 aromatic carbocycles. The lowest BCUT2D eigenvalue weighted by atomic mass is 10.0. The number of nitrogen functional groups attached to an aromatic ring is 1. The van der Waals surface area contributed by atoms with Crippen LogP contribution in [0.25, 0.3) is 0 Å². The smallest absolute Gasteiger partial charge is 0.127 e. The van der Waals surface area contributed by atoms with Crippen molar-refractivity contribution in [2.24, 2.45) is 7.05 Å². The van der Waals surface area contributed by atoms with Crippen molar-refractivity contribution in [3.63, 3.8) is 0 Å². The molecule has 0 bridgehead atoms. The van der Waals surface area contributed by atoms with Crippen molar-refractivity contribution in [3.8, 4) is 0 Å². The molecule has 0 saturated heterocycles. The molecule has 0 spiro atoms. The van der Waals surface area contributed by atoms with E-state index in [9.17, 15) is 0 Å². The average molecular weight is 202 g/mol. The van der Waals surface area contributed by atoms with Crippen molar-refractivity contribution in [2.75, 3.05) is 5.73 Å². The zero-order valence-corrected chi connectivity index (χ0v) is 8.94. The van der Waals surface area contributed by atoms with Gasteiger partial charge in [0.25, 0.3) is 0 Å². The Morgan fingerprint density at radius 3 is 2.87 bits per heavy atom. The summed E-state index contributed by atoms with van der Waals surface area (Å²) in [6.45, 7) is 2.05. The van der Waals surface area contributed by atoms with E-state index in [1.54, 1.807) is 10.9 Å². The highest BCUT2D eigenvalue weighted by Gasteiger charge is 2.06. The highest BCUT2D eigenvalue weighted by atomic mass is 15.2. The van der Waals surface area contributed by atoms with Gasteiger partial charge < -0.3 is 5.73 Å². The summed E-state index contributed by atoms with van der Waals surface area (Å²) in [4.78, 5) is 4.09. The molecule has 0 amide bonds. The van der Waals surface area contributed by atoms with E-state index in [-0.39, 0.29) is 0 Å². The number of rotatable bonds is 2. The molecule has 0 fully saturated rings. The van der Waals surface area contributed by atoms with Crippen molar-refractivity contribution in [1.29, 1.82) is 0 Å². The lowest BCUT2D eigenvalue weighted by molar-refractivity contribution is 0.767. The largest absolute Gasteiger partial charge is 0.383 e. The first-order valence-electron chi connectivity index (χ1n) is 4.84. The molecule has 2 heterocycles. The van der Waals surface area contributed by atoms with Gasteiger partial charge in [0.1, 0.15) is 5.82 Å². The number of pyridine rings is 1. The van der Waals surface area contributed by atoms with Crippen molar-refractivity contribution >= 4 is 5.82 Å². The first-order chi connectivity index (χ1) is 7.16. The van der Waals surface area contributed by atoms with Gasteiger partial charge in [-0.25, -0.2) is 4.98 Å². The minimum Gasteiger partial charge on any atom is -0.383 e. The fraction of sp³-hybridized carbons (Fsp3) is 0.273. The second-order valence-electron chi connectivity index (χ2n) is 3.69. The minimum atomic E-state index is 0.610.